The first-order valence-corrected chi connectivity index (χ1v) is 10.9. The summed E-state index contributed by atoms with van der Waals surface area (Å²) in [5, 5.41) is 15.3. The smallest absolute Gasteiger partial charge is 0.257 e. The summed E-state index contributed by atoms with van der Waals surface area (Å²) in [5.41, 5.74) is 8.05. The number of nitrogens with zero attached hydrogens (tertiary/aromatic N) is 3. The van der Waals surface area contributed by atoms with Crippen molar-refractivity contribution in [1.29, 1.82) is 0 Å². The van der Waals surface area contributed by atoms with Gasteiger partial charge in [-0.25, -0.2) is 0 Å². The Balaban J connectivity index is 1.52. The van der Waals surface area contributed by atoms with Crippen LogP contribution < -0.4 is 10.6 Å². The van der Waals surface area contributed by atoms with Gasteiger partial charge in [-0.15, -0.1) is 10.2 Å². The number of carbonyl (C=O) groups is 1. The van der Waals surface area contributed by atoms with E-state index in [4.69, 9.17) is 12.2 Å². The van der Waals surface area contributed by atoms with Gasteiger partial charge < -0.3 is 5.32 Å². The molecule has 0 aliphatic rings. The van der Waals surface area contributed by atoms with Gasteiger partial charge in [0.05, 0.1) is 5.69 Å². The molecule has 4 rings (SSSR count). The maximum atomic E-state index is 12.6. The molecule has 3 aromatic carbocycles. The van der Waals surface area contributed by atoms with E-state index in [0.29, 0.717) is 5.56 Å². The Morgan fingerprint density at radius 3 is 2.28 bits per heavy atom. The van der Waals surface area contributed by atoms with Crippen LogP contribution in [0.5, 0.6) is 0 Å². The molecule has 7 heteroatoms. The lowest BCUT2D eigenvalue weighted by Crippen LogP contribution is -2.34. The topological polar surface area (TPSA) is 71.8 Å². The van der Waals surface area contributed by atoms with E-state index in [1.165, 1.54) is 5.56 Å². The molecule has 0 atom stereocenters. The van der Waals surface area contributed by atoms with Gasteiger partial charge in [-0.3, -0.25) is 10.1 Å². The second-order valence-corrected chi connectivity index (χ2v) is 8.30. The number of amides is 1. The van der Waals surface area contributed by atoms with Crippen LogP contribution in [0.3, 0.4) is 0 Å². The van der Waals surface area contributed by atoms with E-state index < -0.39 is 0 Å². The van der Waals surface area contributed by atoms with E-state index in [1.54, 1.807) is 4.80 Å². The molecular formula is C25H25N5OS. The van der Waals surface area contributed by atoms with Gasteiger partial charge in [0.15, 0.2) is 5.11 Å². The van der Waals surface area contributed by atoms with Gasteiger partial charge in [-0.2, -0.15) is 4.80 Å². The van der Waals surface area contributed by atoms with Crippen molar-refractivity contribution in [2.45, 2.75) is 34.1 Å². The average Bonchev–Trinajstić information content (AvgIpc) is 3.16. The van der Waals surface area contributed by atoms with Crippen LogP contribution >= 0.6 is 12.2 Å². The Morgan fingerprint density at radius 1 is 0.938 bits per heavy atom. The first-order valence-electron chi connectivity index (χ1n) is 10.5. The number of carbonyl (C=O) groups excluding carboxylic acids is 1. The van der Waals surface area contributed by atoms with Crippen molar-refractivity contribution < 1.29 is 4.79 Å². The summed E-state index contributed by atoms with van der Waals surface area (Å²) in [7, 11) is 0. The minimum absolute atomic E-state index is 0.236. The molecule has 0 unspecified atom stereocenters. The predicted molar refractivity (Wildman–Crippen MR) is 133 cm³/mol. The molecule has 32 heavy (non-hydrogen) atoms. The normalized spacial score (nSPS) is 10.9. The molecule has 0 aliphatic heterocycles. The van der Waals surface area contributed by atoms with Crippen molar-refractivity contribution in [3.05, 3.63) is 82.4 Å². The fraction of sp³-hybridized carbons (Fsp3) is 0.200. The van der Waals surface area contributed by atoms with Gasteiger partial charge in [0, 0.05) is 11.3 Å². The highest BCUT2D eigenvalue weighted by atomic mass is 32.1. The third-order valence-electron chi connectivity index (χ3n) is 5.40. The van der Waals surface area contributed by atoms with Gasteiger partial charge in [0.2, 0.25) is 0 Å². The zero-order valence-electron chi connectivity index (χ0n) is 18.6. The van der Waals surface area contributed by atoms with E-state index in [2.05, 4.69) is 39.9 Å². The number of thiocarbonyl (C=S) groups is 1. The monoisotopic (exact) mass is 443 g/mol. The lowest BCUT2D eigenvalue weighted by Gasteiger charge is -2.12. The molecular weight excluding hydrogens is 418 g/mol. The summed E-state index contributed by atoms with van der Waals surface area (Å²) < 4.78 is 0. The quantitative estimate of drug-likeness (QED) is 0.433. The third-order valence-corrected chi connectivity index (χ3v) is 5.61. The minimum atomic E-state index is -0.236. The van der Waals surface area contributed by atoms with E-state index >= 15 is 0 Å². The highest BCUT2D eigenvalue weighted by Gasteiger charge is 2.13. The van der Waals surface area contributed by atoms with Crippen molar-refractivity contribution >= 4 is 40.0 Å². The molecule has 2 N–H and O–H groups in total. The van der Waals surface area contributed by atoms with Crippen LogP contribution in [-0.4, -0.2) is 26.0 Å². The van der Waals surface area contributed by atoms with Gasteiger partial charge in [-0.1, -0.05) is 36.8 Å². The van der Waals surface area contributed by atoms with Gasteiger partial charge >= 0.3 is 0 Å². The number of hydrogen-bond donors (Lipinski definition) is 2. The molecule has 0 bridgehead atoms. The highest BCUT2D eigenvalue weighted by molar-refractivity contribution is 7.80. The summed E-state index contributed by atoms with van der Waals surface area (Å²) >= 11 is 5.38. The number of aromatic nitrogens is 3. The summed E-state index contributed by atoms with van der Waals surface area (Å²) in [6.07, 6.45) is 0.989. The molecule has 4 aromatic rings. The van der Waals surface area contributed by atoms with Crippen LogP contribution in [0.1, 0.15) is 39.5 Å². The molecule has 6 nitrogen and oxygen atoms in total. The molecule has 1 heterocycles. The first-order chi connectivity index (χ1) is 15.3. The maximum Gasteiger partial charge on any atom is 0.257 e. The molecule has 1 amide bonds. The van der Waals surface area contributed by atoms with Crippen LogP contribution in [0.4, 0.5) is 5.69 Å². The molecule has 0 saturated carbocycles. The molecule has 0 fully saturated rings. The third kappa shape index (κ3) is 4.53. The van der Waals surface area contributed by atoms with Crippen LogP contribution in [0, 0.1) is 20.8 Å². The van der Waals surface area contributed by atoms with E-state index in [-0.39, 0.29) is 11.0 Å². The van der Waals surface area contributed by atoms with Crippen molar-refractivity contribution in [3.63, 3.8) is 0 Å². The van der Waals surface area contributed by atoms with E-state index in [1.807, 2.05) is 63.2 Å². The van der Waals surface area contributed by atoms with Gasteiger partial charge in [0.1, 0.15) is 11.0 Å². The largest absolute Gasteiger partial charge is 0.332 e. The van der Waals surface area contributed by atoms with E-state index in [0.717, 1.165) is 45.5 Å². The number of fused-ring (bicyclic) bond motifs is 1. The molecule has 0 aliphatic carbocycles. The standard InChI is InChI=1S/C25H25N5OS/c1-5-18-7-9-19(10-8-18)30-28-22-13-17(4)21(14-23(22)29-30)26-25(32)27-24(31)20-11-6-15(2)12-16(20)3/h6-14H,5H2,1-4H3,(H2,26,27,31,32). The summed E-state index contributed by atoms with van der Waals surface area (Å²) in [4.78, 5) is 14.2. The van der Waals surface area contributed by atoms with Crippen LogP contribution in [0.2, 0.25) is 0 Å². The molecule has 0 spiro atoms. The molecule has 1 aromatic heterocycles. The SMILES string of the molecule is CCc1ccc(-n2nc3cc(C)c(NC(=S)NC(=O)c4ccc(C)cc4C)cc3n2)cc1. The number of aryl methyl sites for hydroxylation is 4. The van der Waals surface area contributed by atoms with Crippen molar-refractivity contribution in [2.24, 2.45) is 0 Å². The summed E-state index contributed by atoms with van der Waals surface area (Å²) in [5.74, 6) is -0.236. The first kappa shape index (κ1) is 21.6. The minimum Gasteiger partial charge on any atom is -0.332 e. The number of rotatable bonds is 4. The maximum absolute atomic E-state index is 12.6. The van der Waals surface area contributed by atoms with Gasteiger partial charge in [-0.05, 0) is 86.4 Å². The summed E-state index contributed by atoms with van der Waals surface area (Å²) in [6.45, 7) is 8.00. The van der Waals surface area contributed by atoms with Crippen LogP contribution in [-0.2, 0) is 6.42 Å². The zero-order valence-corrected chi connectivity index (χ0v) is 19.4. The van der Waals surface area contributed by atoms with Crippen LogP contribution in [0.25, 0.3) is 16.7 Å². The Morgan fingerprint density at radius 2 is 1.62 bits per heavy atom. The van der Waals surface area contributed by atoms with E-state index in [9.17, 15) is 4.79 Å². The molecule has 162 valence electrons. The zero-order chi connectivity index (χ0) is 22.8. The van der Waals surface area contributed by atoms with Gasteiger partial charge in [0.25, 0.3) is 5.91 Å². The van der Waals surface area contributed by atoms with Crippen molar-refractivity contribution in [2.75, 3.05) is 5.32 Å². The van der Waals surface area contributed by atoms with Crippen molar-refractivity contribution in [3.8, 4) is 5.69 Å². The molecule has 0 saturated heterocycles. The number of hydrogen-bond acceptors (Lipinski definition) is 4. The molecule has 0 radical (unpaired) electrons. The fourth-order valence-corrected chi connectivity index (χ4v) is 3.78. The fourth-order valence-electron chi connectivity index (χ4n) is 3.58. The number of anilines is 1. The lowest BCUT2D eigenvalue weighted by molar-refractivity contribution is 0.0977. The Kier molecular flexibility index (Phi) is 6.01. The number of benzene rings is 3. The second-order valence-electron chi connectivity index (χ2n) is 7.89. The predicted octanol–water partition coefficient (Wildman–Crippen LogP) is 5.03. The Bertz CT molecular complexity index is 1320. The lowest BCUT2D eigenvalue weighted by atomic mass is 10.1. The highest BCUT2D eigenvalue weighted by Crippen LogP contribution is 2.22. The Hall–Kier alpha value is -3.58. The van der Waals surface area contributed by atoms with Crippen molar-refractivity contribution in [1.82, 2.24) is 20.3 Å². The van der Waals surface area contributed by atoms with Crippen LogP contribution in [0.15, 0.2) is 54.6 Å². The average molecular weight is 444 g/mol. The number of nitrogens with one attached hydrogen (secondary N) is 2. The second kappa shape index (κ2) is 8.88. The summed E-state index contributed by atoms with van der Waals surface area (Å²) in [6, 6.07) is 17.7. The Labute approximate surface area is 192 Å².